The largest absolute Gasteiger partial charge is 0.373 e. The van der Waals surface area contributed by atoms with Crippen LogP contribution < -0.4 is 5.32 Å². The Balaban J connectivity index is 2.19. The van der Waals surface area contributed by atoms with Crippen LogP contribution in [0.1, 0.15) is 78.6 Å². The van der Waals surface area contributed by atoms with Gasteiger partial charge in [-0.15, -0.1) is 0 Å². The van der Waals surface area contributed by atoms with Gasteiger partial charge in [0.25, 0.3) is 0 Å². The molecule has 122 valence electrons. The summed E-state index contributed by atoms with van der Waals surface area (Å²) in [5.41, 5.74) is 1.69. The Hall–Kier alpha value is -0.340. The Labute approximate surface area is 131 Å². The van der Waals surface area contributed by atoms with Gasteiger partial charge >= 0.3 is 0 Å². The second kappa shape index (κ2) is 8.33. The molecule has 2 aliphatic carbocycles. The molecule has 1 fully saturated rings. The molecule has 0 aromatic rings. The summed E-state index contributed by atoms with van der Waals surface area (Å²) in [6.07, 6.45) is 14.0. The van der Waals surface area contributed by atoms with Crippen molar-refractivity contribution in [2.45, 2.75) is 90.2 Å². The predicted molar refractivity (Wildman–Crippen MR) is 90.6 cm³/mol. The summed E-state index contributed by atoms with van der Waals surface area (Å²) in [7, 11) is 0. The zero-order valence-electron chi connectivity index (χ0n) is 14.4. The van der Waals surface area contributed by atoms with Crippen LogP contribution in [-0.2, 0) is 4.74 Å². The second-order valence-electron chi connectivity index (χ2n) is 7.09. The highest BCUT2D eigenvalue weighted by atomic mass is 16.5. The molecule has 1 unspecified atom stereocenters. The lowest BCUT2D eigenvalue weighted by Crippen LogP contribution is -2.55. The van der Waals surface area contributed by atoms with Crippen LogP contribution in [0, 0.1) is 5.92 Å². The van der Waals surface area contributed by atoms with Crippen molar-refractivity contribution < 1.29 is 4.74 Å². The van der Waals surface area contributed by atoms with Gasteiger partial charge in [-0.1, -0.05) is 25.5 Å². The van der Waals surface area contributed by atoms with Crippen LogP contribution in [0.25, 0.3) is 0 Å². The average Bonchev–Trinajstić information content (AvgIpc) is 2.52. The molecule has 0 saturated heterocycles. The average molecular weight is 293 g/mol. The topological polar surface area (TPSA) is 21.3 Å². The molecule has 2 nitrogen and oxygen atoms in total. The molecule has 0 spiro atoms. The van der Waals surface area contributed by atoms with E-state index < -0.39 is 0 Å². The van der Waals surface area contributed by atoms with Crippen molar-refractivity contribution >= 4 is 0 Å². The van der Waals surface area contributed by atoms with Crippen molar-refractivity contribution in [3.05, 3.63) is 11.6 Å². The molecule has 0 amide bonds. The highest BCUT2D eigenvalue weighted by molar-refractivity contribution is 5.20. The van der Waals surface area contributed by atoms with Crippen LogP contribution in [0.2, 0.25) is 0 Å². The van der Waals surface area contributed by atoms with Crippen LogP contribution >= 0.6 is 0 Å². The fourth-order valence-corrected chi connectivity index (χ4v) is 4.12. The Bertz CT molecular complexity index is 328. The molecule has 1 atom stereocenters. The molecule has 0 aliphatic heterocycles. The van der Waals surface area contributed by atoms with Crippen molar-refractivity contribution in [2.24, 2.45) is 5.92 Å². The lowest BCUT2D eigenvalue weighted by Gasteiger charge is -2.46. The summed E-state index contributed by atoms with van der Waals surface area (Å²) >= 11 is 0. The van der Waals surface area contributed by atoms with E-state index in [1.807, 2.05) is 0 Å². The van der Waals surface area contributed by atoms with Gasteiger partial charge in [-0.05, 0) is 77.2 Å². The molecule has 2 rings (SSSR count). The highest BCUT2D eigenvalue weighted by Gasteiger charge is 2.43. The smallest absolute Gasteiger partial charge is 0.0873 e. The van der Waals surface area contributed by atoms with E-state index in [1.54, 1.807) is 5.57 Å². The first-order chi connectivity index (χ1) is 10.2. The molecule has 21 heavy (non-hydrogen) atoms. The number of allylic oxidation sites excluding steroid dienone is 1. The van der Waals surface area contributed by atoms with Gasteiger partial charge < -0.3 is 10.1 Å². The van der Waals surface area contributed by atoms with Gasteiger partial charge in [0.05, 0.1) is 11.6 Å². The van der Waals surface area contributed by atoms with Crippen molar-refractivity contribution in [2.75, 3.05) is 13.2 Å². The minimum Gasteiger partial charge on any atom is -0.373 e. The first-order valence-electron chi connectivity index (χ1n) is 9.28. The monoisotopic (exact) mass is 293 g/mol. The van der Waals surface area contributed by atoms with Crippen molar-refractivity contribution in [1.29, 1.82) is 0 Å². The van der Waals surface area contributed by atoms with Crippen LogP contribution in [-0.4, -0.2) is 24.8 Å². The van der Waals surface area contributed by atoms with E-state index in [9.17, 15) is 0 Å². The predicted octanol–water partition coefficient (Wildman–Crippen LogP) is 4.84. The molecule has 0 bridgehead atoms. The standard InChI is InChI=1S/C19H35NO/c1-4-15-20-18(17-9-7-6-8-10-17)19(21-5-2)13-11-16(3)12-14-19/h9,16,18,20H,4-8,10-15H2,1-3H3. The maximum absolute atomic E-state index is 6.43. The zero-order valence-corrected chi connectivity index (χ0v) is 14.4. The Morgan fingerprint density at radius 2 is 2.05 bits per heavy atom. The van der Waals surface area contributed by atoms with Gasteiger partial charge in [0.1, 0.15) is 0 Å². The van der Waals surface area contributed by atoms with Crippen LogP contribution in [0.3, 0.4) is 0 Å². The van der Waals surface area contributed by atoms with Crippen LogP contribution in [0.4, 0.5) is 0 Å². The lowest BCUT2D eigenvalue weighted by atomic mass is 9.71. The van der Waals surface area contributed by atoms with Gasteiger partial charge in [-0.25, -0.2) is 0 Å². The SMILES string of the molecule is CCCNC(C1=CCCCC1)C1(OCC)CCC(C)CC1. The number of ether oxygens (including phenoxy) is 1. The van der Waals surface area contributed by atoms with E-state index in [0.29, 0.717) is 6.04 Å². The van der Waals surface area contributed by atoms with Gasteiger partial charge in [0.15, 0.2) is 0 Å². The van der Waals surface area contributed by atoms with Crippen molar-refractivity contribution in [3.8, 4) is 0 Å². The van der Waals surface area contributed by atoms with Gasteiger partial charge in [0, 0.05) is 6.61 Å². The second-order valence-corrected chi connectivity index (χ2v) is 7.09. The van der Waals surface area contributed by atoms with E-state index in [2.05, 4.69) is 32.2 Å². The maximum Gasteiger partial charge on any atom is 0.0873 e. The number of rotatable bonds is 7. The Morgan fingerprint density at radius 3 is 2.62 bits per heavy atom. The summed E-state index contributed by atoms with van der Waals surface area (Å²) in [4.78, 5) is 0. The third-order valence-electron chi connectivity index (χ3n) is 5.37. The lowest BCUT2D eigenvalue weighted by molar-refractivity contribution is -0.0891. The third kappa shape index (κ3) is 4.32. The molecule has 0 aromatic carbocycles. The molecule has 2 aliphatic rings. The first kappa shape index (κ1) is 17.0. The fraction of sp³-hybridized carbons (Fsp3) is 0.895. The molecule has 0 aromatic heterocycles. The summed E-state index contributed by atoms with van der Waals surface area (Å²) < 4.78 is 6.43. The van der Waals surface area contributed by atoms with Crippen molar-refractivity contribution in [1.82, 2.24) is 5.32 Å². The summed E-state index contributed by atoms with van der Waals surface area (Å²) in [5, 5.41) is 3.86. The fourth-order valence-electron chi connectivity index (χ4n) is 4.12. The molecular formula is C19H35NO. The van der Waals surface area contributed by atoms with E-state index in [1.165, 1.54) is 57.8 Å². The Kier molecular flexibility index (Phi) is 6.75. The summed E-state index contributed by atoms with van der Waals surface area (Å²) in [6.45, 7) is 8.75. The van der Waals surface area contributed by atoms with E-state index in [4.69, 9.17) is 4.74 Å². The minimum absolute atomic E-state index is 0.0552. The Morgan fingerprint density at radius 1 is 1.29 bits per heavy atom. The van der Waals surface area contributed by atoms with Gasteiger partial charge in [-0.2, -0.15) is 0 Å². The molecule has 1 N–H and O–H groups in total. The molecule has 0 heterocycles. The number of nitrogens with one attached hydrogen (secondary N) is 1. The normalized spacial score (nSPS) is 31.8. The molecule has 2 heteroatoms. The van der Waals surface area contributed by atoms with Gasteiger partial charge in [0.2, 0.25) is 0 Å². The molecular weight excluding hydrogens is 258 g/mol. The van der Waals surface area contributed by atoms with E-state index in [-0.39, 0.29) is 5.60 Å². The van der Waals surface area contributed by atoms with Gasteiger partial charge in [-0.3, -0.25) is 0 Å². The van der Waals surface area contributed by atoms with Crippen LogP contribution in [0.15, 0.2) is 11.6 Å². The maximum atomic E-state index is 6.43. The molecule has 1 saturated carbocycles. The minimum atomic E-state index is 0.0552. The summed E-state index contributed by atoms with van der Waals surface area (Å²) in [5.74, 6) is 0.866. The van der Waals surface area contributed by atoms with Crippen molar-refractivity contribution in [3.63, 3.8) is 0 Å². The summed E-state index contributed by atoms with van der Waals surface area (Å²) in [6, 6.07) is 0.449. The zero-order chi connectivity index (χ0) is 15.1. The van der Waals surface area contributed by atoms with E-state index in [0.717, 1.165) is 19.1 Å². The highest BCUT2D eigenvalue weighted by Crippen LogP contribution is 2.41. The quantitative estimate of drug-likeness (QED) is 0.678. The van der Waals surface area contributed by atoms with E-state index >= 15 is 0 Å². The third-order valence-corrected chi connectivity index (χ3v) is 5.37. The number of hydrogen-bond donors (Lipinski definition) is 1. The van der Waals surface area contributed by atoms with Crippen LogP contribution in [0.5, 0.6) is 0 Å². The first-order valence-corrected chi connectivity index (χ1v) is 9.28. The molecule has 0 radical (unpaired) electrons. The number of hydrogen-bond acceptors (Lipinski definition) is 2.